The minimum Gasteiger partial charge on any atom is -0.469 e. The highest BCUT2D eigenvalue weighted by atomic mass is 127. The first-order valence-electron chi connectivity index (χ1n) is 8.14. The first kappa shape index (κ1) is 21.9. The van der Waals surface area contributed by atoms with Crippen LogP contribution in [0.25, 0.3) is 11.3 Å². The van der Waals surface area contributed by atoms with E-state index in [-0.39, 0.29) is 35.9 Å². The number of imidazole rings is 1. The van der Waals surface area contributed by atoms with Gasteiger partial charge in [0, 0.05) is 20.6 Å². The van der Waals surface area contributed by atoms with Gasteiger partial charge in [-0.25, -0.2) is 4.98 Å². The number of hydrogen-bond donors (Lipinski definition) is 2. The van der Waals surface area contributed by atoms with Crippen LogP contribution in [0.15, 0.2) is 41.5 Å². The van der Waals surface area contributed by atoms with E-state index in [2.05, 4.69) is 20.3 Å². The van der Waals surface area contributed by atoms with Crippen LogP contribution < -0.4 is 5.32 Å². The van der Waals surface area contributed by atoms with Crippen molar-refractivity contribution in [3.05, 3.63) is 42.4 Å². The molecule has 7 nitrogen and oxygen atoms in total. The van der Waals surface area contributed by atoms with Crippen LogP contribution in [-0.4, -0.2) is 54.5 Å². The Balaban J connectivity index is 0.00000338. The maximum atomic E-state index is 11.5. The number of methoxy groups -OCH3 is 1. The van der Waals surface area contributed by atoms with Crippen LogP contribution in [0.2, 0.25) is 0 Å². The first-order chi connectivity index (χ1) is 12.0. The molecule has 0 saturated carbocycles. The smallest absolute Gasteiger partial charge is 0.310 e. The molecule has 1 atom stereocenters. The molecule has 1 unspecified atom stereocenters. The Bertz CT molecular complexity index is 717. The van der Waals surface area contributed by atoms with Crippen LogP contribution in [0.5, 0.6) is 0 Å². The molecule has 0 saturated heterocycles. The highest BCUT2D eigenvalue weighted by Gasteiger charge is 2.15. The fourth-order valence-corrected chi connectivity index (χ4v) is 2.42. The molecule has 2 rings (SSSR count). The Hall–Kier alpha value is -2.10. The number of ether oxygens (including phenoxy) is 1. The Morgan fingerprint density at radius 1 is 1.38 bits per heavy atom. The molecule has 0 fully saturated rings. The van der Waals surface area contributed by atoms with E-state index < -0.39 is 0 Å². The Morgan fingerprint density at radius 3 is 2.69 bits per heavy atom. The number of rotatable bonds is 6. The second kappa shape index (κ2) is 10.8. The van der Waals surface area contributed by atoms with Gasteiger partial charge in [0.25, 0.3) is 0 Å². The summed E-state index contributed by atoms with van der Waals surface area (Å²) in [7, 11) is 5.02. The molecule has 0 aliphatic carbocycles. The normalized spacial score (nSPS) is 12.1. The van der Waals surface area contributed by atoms with Gasteiger partial charge in [-0.15, -0.1) is 24.0 Å². The third kappa shape index (κ3) is 6.01. The highest BCUT2D eigenvalue weighted by molar-refractivity contribution is 14.0. The lowest BCUT2D eigenvalue weighted by Crippen LogP contribution is -2.41. The van der Waals surface area contributed by atoms with E-state index in [1.54, 1.807) is 7.05 Å². The van der Waals surface area contributed by atoms with Crippen LogP contribution in [0.1, 0.15) is 12.7 Å². The van der Waals surface area contributed by atoms with Gasteiger partial charge in [0.05, 0.1) is 31.5 Å². The van der Waals surface area contributed by atoms with E-state index in [0.29, 0.717) is 19.0 Å². The third-order valence-corrected chi connectivity index (χ3v) is 3.84. The van der Waals surface area contributed by atoms with E-state index in [9.17, 15) is 4.79 Å². The van der Waals surface area contributed by atoms with Crippen LogP contribution in [-0.2, 0) is 16.1 Å². The summed E-state index contributed by atoms with van der Waals surface area (Å²) >= 11 is 0. The quantitative estimate of drug-likeness (QED) is 0.293. The fraction of sp³-hybridized carbons (Fsp3) is 0.389. The molecule has 0 bridgehead atoms. The van der Waals surface area contributed by atoms with Crippen molar-refractivity contribution in [2.24, 2.45) is 10.9 Å². The van der Waals surface area contributed by atoms with Crippen molar-refractivity contribution in [2.45, 2.75) is 13.5 Å². The molecule has 2 N–H and O–H groups in total. The Morgan fingerprint density at radius 2 is 2.08 bits per heavy atom. The molecule has 1 heterocycles. The van der Waals surface area contributed by atoms with Gasteiger partial charge in [0.15, 0.2) is 5.96 Å². The zero-order chi connectivity index (χ0) is 18.2. The minimum absolute atomic E-state index is 0. The summed E-state index contributed by atoms with van der Waals surface area (Å²) in [4.78, 5) is 25.4. The average molecular weight is 471 g/mol. The topological polar surface area (TPSA) is 82.6 Å². The summed E-state index contributed by atoms with van der Waals surface area (Å²) < 4.78 is 4.73. The number of carbonyl (C=O) groups is 1. The predicted molar refractivity (Wildman–Crippen MR) is 113 cm³/mol. The molecular formula is C18H26IN5O2. The van der Waals surface area contributed by atoms with Crippen LogP contribution in [0.4, 0.5) is 0 Å². The van der Waals surface area contributed by atoms with Crippen molar-refractivity contribution >= 4 is 35.9 Å². The number of halogens is 1. The van der Waals surface area contributed by atoms with Gasteiger partial charge in [-0.1, -0.05) is 37.3 Å². The molecule has 0 aliphatic heterocycles. The van der Waals surface area contributed by atoms with E-state index in [1.807, 2.05) is 55.4 Å². The van der Waals surface area contributed by atoms with Gasteiger partial charge in [0.1, 0.15) is 5.82 Å². The van der Waals surface area contributed by atoms with E-state index in [4.69, 9.17) is 4.74 Å². The van der Waals surface area contributed by atoms with Crippen LogP contribution in [0.3, 0.4) is 0 Å². The molecule has 1 aromatic carbocycles. The second-order valence-corrected chi connectivity index (χ2v) is 5.82. The number of benzene rings is 1. The molecule has 0 radical (unpaired) electrons. The molecule has 0 spiro atoms. The number of aromatic nitrogens is 2. The number of nitrogens with zero attached hydrogens (tertiary/aromatic N) is 3. The van der Waals surface area contributed by atoms with Gasteiger partial charge in [0.2, 0.25) is 0 Å². The summed E-state index contributed by atoms with van der Waals surface area (Å²) in [5, 5.41) is 3.18. The number of H-pyrrole nitrogens is 1. The van der Waals surface area contributed by atoms with Crippen LogP contribution >= 0.6 is 24.0 Å². The summed E-state index contributed by atoms with van der Waals surface area (Å²) in [6, 6.07) is 10.1. The molecular weight excluding hydrogens is 445 g/mol. The van der Waals surface area contributed by atoms with Crippen molar-refractivity contribution in [1.82, 2.24) is 20.2 Å². The highest BCUT2D eigenvalue weighted by Crippen LogP contribution is 2.16. The van der Waals surface area contributed by atoms with Crippen LogP contribution in [0, 0.1) is 5.92 Å². The van der Waals surface area contributed by atoms with Crippen molar-refractivity contribution in [3.63, 3.8) is 0 Å². The maximum absolute atomic E-state index is 11.5. The monoisotopic (exact) mass is 471 g/mol. The average Bonchev–Trinajstić information content (AvgIpc) is 3.10. The van der Waals surface area contributed by atoms with Gasteiger partial charge >= 0.3 is 5.97 Å². The number of esters is 1. The zero-order valence-corrected chi connectivity index (χ0v) is 17.9. The SMILES string of the molecule is CN=C(NCC(C)C(=O)OC)N(C)Cc1ncc(-c2ccccc2)[nH]1.I. The minimum atomic E-state index is -0.247. The first-order valence-corrected chi connectivity index (χ1v) is 8.14. The van der Waals surface area contributed by atoms with Crippen molar-refractivity contribution < 1.29 is 9.53 Å². The summed E-state index contributed by atoms with van der Waals surface area (Å²) in [6.45, 7) is 2.83. The van der Waals surface area contributed by atoms with Crippen molar-refractivity contribution in [1.29, 1.82) is 0 Å². The zero-order valence-electron chi connectivity index (χ0n) is 15.5. The molecule has 8 heteroatoms. The second-order valence-electron chi connectivity index (χ2n) is 5.82. The van der Waals surface area contributed by atoms with E-state index >= 15 is 0 Å². The lowest BCUT2D eigenvalue weighted by molar-refractivity contribution is -0.144. The summed E-state index contributed by atoms with van der Waals surface area (Å²) in [6.07, 6.45) is 1.83. The molecule has 0 amide bonds. The Labute approximate surface area is 171 Å². The molecule has 142 valence electrons. The van der Waals surface area contributed by atoms with Gasteiger partial charge in [-0.2, -0.15) is 0 Å². The maximum Gasteiger partial charge on any atom is 0.310 e. The Kier molecular flexibility index (Phi) is 9.11. The van der Waals surface area contributed by atoms with Crippen molar-refractivity contribution in [2.75, 3.05) is 27.7 Å². The lowest BCUT2D eigenvalue weighted by Gasteiger charge is -2.22. The number of carbonyl (C=O) groups excluding carboxylic acids is 1. The number of nitrogens with one attached hydrogen (secondary N) is 2. The summed E-state index contributed by atoms with van der Waals surface area (Å²) in [5.41, 5.74) is 2.07. The largest absolute Gasteiger partial charge is 0.469 e. The third-order valence-electron chi connectivity index (χ3n) is 3.84. The molecule has 0 aliphatic rings. The lowest BCUT2D eigenvalue weighted by atomic mass is 10.2. The molecule has 26 heavy (non-hydrogen) atoms. The number of hydrogen-bond acceptors (Lipinski definition) is 4. The van der Waals surface area contributed by atoms with Gasteiger partial charge in [-0.05, 0) is 5.56 Å². The summed E-state index contributed by atoms with van der Waals surface area (Å²) in [5.74, 6) is 1.03. The predicted octanol–water partition coefficient (Wildman–Crippen LogP) is 2.51. The van der Waals surface area contributed by atoms with Gasteiger partial charge < -0.3 is 19.9 Å². The van der Waals surface area contributed by atoms with Gasteiger partial charge in [-0.3, -0.25) is 9.79 Å². The molecule has 2 aromatic rings. The van der Waals surface area contributed by atoms with E-state index in [0.717, 1.165) is 17.1 Å². The van der Waals surface area contributed by atoms with E-state index in [1.165, 1.54) is 7.11 Å². The number of guanidine groups is 1. The number of aliphatic imine (C=N–C) groups is 1. The van der Waals surface area contributed by atoms with Crippen molar-refractivity contribution in [3.8, 4) is 11.3 Å². The number of aromatic amines is 1. The molecule has 1 aromatic heterocycles. The standard InChI is InChI=1S/C18H25N5O2.HI/c1-13(17(24)25-4)10-21-18(19-2)23(3)12-16-20-11-15(22-16)14-8-6-5-7-9-14;/h5-9,11,13H,10,12H2,1-4H3,(H,19,21)(H,20,22);1H. The fourth-order valence-electron chi connectivity index (χ4n) is 2.42.